The fraction of sp³-hybridized carbons (Fsp3) is 0.615. The van der Waals surface area contributed by atoms with E-state index in [1.807, 2.05) is 32.2 Å². The molecule has 102 valence electrons. The third-order valence-corrected chi connectivity index (χ3v) is 3.96. The molecule has 1 aromatic rings. The lowest BCUT2D eigenvalue weighted by Gasteiger charge is -2.21. The van der Waals surface area contributed by atoms with Crippen molar-refractivity contribution in [2.24, 2.45) is 5.92 Å². The minimum absolute atomic E-state index is 0.0134. The van der Waals surface area contributed by atoms with Gasteiger partial charge in [0.2, 0.25) is 0 Å². The van der Waals surface area contributed by atoms with Gasteiger partial charge in [-0.05, 0) is 36.3 Å². The fourth-order valence-electron chi connectivity index (χ4n) is 1.68. The van der Waals surface area contributed by atoms with Crippen molar-refractivity contribution in [3.05, 3.63) is 21.9 Å². The van der Waals surface area contributed by atoms with Crippen molar-refractivity contribution in [1.29, 1.82) is 0 Å². The van der Waals surface area contributed by atoms with Crippen LogP contribution in [0.4, 0.5) is 4.79 Å². The van der Waals surface area contributed by atoms with Gasteiger partial charge in [-0.1, -0.05) is 13.8 Å². The molecule has 0 aliphatic carbocycles. The van der Waals surface area contributed by atoms with Crippen molar-refractivity contribution < 1.29 is 9.90 Å². The highest BCUT2D eigenvalue weighted by Gasteiger charge is 2.15. The van der Waals surface area contributed by atoms with Crippen LogP contribution < -0.4 is 10.6 Å². The highest BCUT2D eigenvalue weighted by Crippen LogP contribution is 2.14. The summed E-state index contributed by atoms with van der Waals surface area (Å²) in [4.78, 5) is 12.9. The predicted molar refractivity (Wildman–Crippen MR) is 74.8 cm³/mol. The zero-order valence-corrected chi connectivity index (χ0v) is 12.0. The number of rotatable bonds is 6. The standard InChI is InChI=1S/C13H22N2O2S/c1-9(2)11(4-6-16)15-13(17)14-8-12-10(3)5-7-18-12/h5,7,9,11,16H,4,6,8H2,1-3H3,(H2,14,15,17). The van der Waals surface area contributed by atoms with Crippen LogP contribution in [0.15, 0.2) is 11.4 Å². The number of nitrogens with one attached hydrogen (secondary N) is 2. The molecule has 1 heterocycles. The molecule has 0 bridgehead atoms. The van der Waals surface area contributed by atoms with Crippen LogP contribution >= 0.6 is 11.3 Å². The Labute approximate surface area is 112 Å². The molecule has 0 aliphatic rings. The van der Waals surface area contributed by atoms with Crippen LogP contribution in [-0.2, 0) is 6.54 Å². The van der Waals surface area contributed by atoms with Gasteiger partial charge < -0.3 is 15.7 Å². The van der Waals surface area contributed by atoms with Gasteiger partial charge >= 0.3 is 6.03 Å². The number of aryl methyl sites for hydroxylation is 1. The summed E-state index contributed by atoms with van der Waals surface area (Å²) in [5, 5.41) is 16.7. The maximum Gasteiger partial charge on any atom is 0.315 e. The van der Waals surface area contributed by atoms with E-state index in [2.05, 4.69) is 10.6 Å². The van der Waals surface area contributed by atoms with Gasteiger partial charge in [0.15, 0.2) is 0 Å². The number of hydrogen-bond acceptors (Lipinski definition) is 3. The molecule has 0 fully saturated rings. The summed E-state index contributed by atoms with van der Waals surface area (Å²) in [5.74, 6) is 0.311. The third kappa shape index (κ3) is 4.66. The molecule has 0 saturated carbocycles. The lowest BCUT2D eigenvalue weighted by molar-refractivity contribution is 0.218. The minimum Gasteiger partial charge on any atom is -0.396 e. The van der Waals surface area contributed by atoms with Gasteiger partial charge in [0.05, 0.1) is 6.54 Å². The first kappa shape index (κ1) is 15.0. The second kappa shape index (κ2) is 7.38. The summed E-state index contributed by atoms with van der Waals surface area (Å²) in [6.45, 7) is 6.74. The topological polar surface area (TPSA) is 61.4 Å². The van der Waals surface area contributed by atoms with Crippen LogP contribution in [-0.4, -0.2) is 23.8 Å². The van der Waals surface area contributed by atoms with Gasteiger partial charge in [-0.2, -0.15) is 0 Å². The van der Waals surface area contributed by atoms with Crippen LogP contribution in [0.5, 0.6) is 0 Å². The summed E-state index contributed by atoms with van der Waals surface area (Å²) < 4.78 is 0. The molecule has 4 nitrogen and oxygen atoms in total. The Balaban J connectivity index is 2.39. The molecule has 1 rings (SSSR count). The van der Waals surface area contributed by atoms with Gasteiger partial charge in [-0.15, -0.1) is 11.3 Å². The largest absolute Gasteiger partial charge is 0.396 e. The molecule has 5 heteroatoms. The first-order chi connectivity index (χ1) is 8.54. The number of thiophene rings is 1. The number of carbonyl (C=O) groups excluding carboxylic acids is 1. The van der Waals surface area contributed by atoms with Crippen LogP contribution in [0, 0.1) is 12.8 Å². The maximum absolute atomic E-state index is 11.7. The first-order valence-corrected chi connectivity index (χ1v) is 7.10. The minimum atomic E-state index is -0.171. The van der Waals surface area contributed by atoms with Crippen molar-refractivity contribution in [3.8, 4) is 0 Å². The van der Waals surface area contributed by atoms with E-state index >= 15 is 0 Å². The summed E-state index contributed by atoms with van der Waals surface area (Å²) in [7, 11) is 0. The Morgan fingerprint density at radius 2 is 2.22 bits per heavy atom. The monoisotopic (exact) mass is 270 g/mol. The number of aliphatic hydroxyl groups excluding tert-OH is 1. The van der Waals surface area contributed by atoms with E-state index < -0.39 is 0 Å². The number of carbonyl (C=O) groups is 1. The van der Waals surface area contributed by atoms with Gasteiger partial charge in [-0.25, -0.2) is 4.79 Å². The molecular formula is C13H22N2O2S. The zero-order chi connectivity index (χ0) is 13.5. The molecule has 18 heavy (non-hydrogen) atoms. The van der Waals surface area contributed by atoms with Gasteiger partial charge in [0, 0.05) is 17.5 Å². The van der Waals surface area contributed by atoms with Gasteiger partial charge in [0.25, 0.3) is 0 Å². The molecule has 0 spiro atoms. The van der Waals surface area contributed by atoms with E-state index in [0.717, 1.165) is 0 Å². The fourth-order valence-corrected chi connectivity index (χ4v) is 2.52. The van der Waals surface area contributed by atoms with Crippen LogP contribution in [0.3, 0.4) is 0 Å². The average Bonchev–Trinajstić information content (AvgIpc) is 2.71. The van der Waals surface area contributed by atoms with Crippen molar-refractivity contribution in [3.63, 3.8) is 0 Å². The Kier molecular flexibility index (Phi) is 6.15. The average molecular weight is 270 g/mol. The third-order valence-electron chi connectivity index (χ3n) is 2.94. The normalized spacial score (nSPS) is 12.5. The quantitative estimate of drug-likeness (QED) is 0.742. The number of urea groups is 1. The summed E-state index contributed by atoms with van der Waals surface area (Å²) >= 11 is 1.64. The Morgan fingerprint density at radius 1 is 1.50 bits per heavy atom. The molecule has 2 amide bonds. The summed E-state index contributed by atoms with van der Waals surface area (Å²) in [5.41, 5.74) is 1.20. The van der Waals surface area contributed by atoms with E-state index in [4.69, 9.17) is 5.11 Å². The molecule has 3 N–H and O–H groups in total. The summed E-state index contributed by atoms with van der Waals surface area (Å²) in [6.07, 6.45) is 0.586. The maximum atomic E-state index is 11.7. The molecule has 0 aliphatic heterocycles. The van der Waals surface area contributed by atoms with Gasteiger partial charge in [0.1, 0.15) is 0 Å². The SMILES string of the molecule is Cc1ccsc1CNC(=O)NC(CCO)C(C)C. The second-order valence-electron chi connectivity index (χ2n) is 4.72. The van der Waals surface area contributed by atoms with Crippen molar-refractivity contribution in [2.45, 2.75) is 39.8 Å². The molecule has 1 aromatic heterocycles. The van der Waals surface area contributed by atoms with Gasteiger partial charge in [-0.3, -0.25) is 0 Å². The van der Waals surface area contributed by atoms with E-state index in [1.54, 1.807) is 11.3 Å². The van der Waals surface area contributed by atoms with Crippen LogP contribution in [0.1, 0.15) is 30.7 Å². The van der Waals surface area contributed by atoms with E-state index in [0.29, 0.717) is 18.9 Å². The van der Waals surface area contributed by atoms with Crippen molar-refractivity contribution >= 4 is 17.4 Å². The molecule has 1 unspecified atom stereocenters. The first-order valence-electron chi connectivity index (χ1n) is 6.22. The zero-order valence-electron chi connectivity index (χ0n) is 11.2. The predicted octanol–water partition coefficient (Wildman–Crippen LogP) is 2.26. The highest BCUT2D eigenvalue weighted by molar-refractivity contribution is 7.10. The molecular weight excluding hydrogens is 248 g/mol. The van der Waals surface area contributed by atoms with Crippen LogP contribution in [0.2, 0.25) is 0 Å². The smallest absolute Gasteiger partial charge is 0.315 e. The Morgan fingerprint density at radius 3 is 2.72 bits per heavy atom. The molecule has 0 radical (unpaired) electrons. The molecule has 1 atom stereocenters. The highest BCUT2D eigenvalue weighted by atomic mass is 32.1. The lowest BCUT2D eigenvalue weighted by atomic mass is 10.0. The Hall–Kier alpha value is -1.07. The van der Waals surface area contributed by atoms with E-state index in [9.17, 15) is 4.79 Å². The number of hydrogen-bond donors (Lipinski definition) is 3. The van der Waals surface area contributed by atoms with Crippen molar-refractivity contribution in [1.82, 2.24) is 10.6 Å². The summed E-state index contributed by atoms with van der Waals surface area (Å²) in [6, 6.07) is 1.89. The second-order valence-corrected chi connectivity index (χ2v) is 5.72. The van der Waals surface area contributed by atoms with Crippen molar-refractivity contribution in [2.75, 3.05) is 6.61 Å². The number of aliphatic hydroxyl groups is 1. The number of amides is 2. The van der Waals surface area contributed by atoms with Crippen LogP contribution in [0.25, 0.3) is 0 Å². The molecule has 0 aromatic carbocycles. The van der Waals surface area contributed by atoms with E-state index in [1.165, 1.54) is 10.4 Å². The Bertz CT molecular complexity index is 377. The lowest BCUT2D eigenvalue weighted by Crippen LogP contribution is -2.44. The molecule has 0 saturated heterocycles. The van der Waals surface area contributed by atoms with E-state index in [-0.39, 0.29) is 18.7 Å².